The van der Waals surface area contributed by atoms with Gasteiger partial charge in [0.2, 0.25) is 0 Å². The van der Waals surface area contributed by atoms with Crippen molar-refractivity contribution in [3.05, 3.63) is 22.3 Å². The number of hydrogen-bond acceptors (Lipinski definition) is 4. The van der Waals surface area contributed by atoms with E-state index in [4.69, 9.17) is 5.11 Å². The molecule has 4 nitrogen and oxygen atoms in total. The molecular formula is C15H20O4. The van der Waals surface area contributed by atoms with Crippen LogP contribution < -0.4 is 0 Å². The average molecular weight is 264 g/mol. The molecule has 0 spiro atoms. The van der Waals surface area contributed by atoms with Crippen LogP contribution in [0.3, 0.4) is 0 Å². The zero-order valence-electron chi connectivity index (χ0n) is 11.7. The molecule has 0 saturated carbocycles. The Labute approximate surface area is 113 Å². The molecule has 1 aliphatic rings. The molecule has 0 heterocycles. The van der Waals surface area contributed by atoms with Gasteiger partial charge >= 0.3 is 0 Å². The summed E-state index contributed by atoms with van der Waals surface area (Å²) >= 11 is 0. The molecule has 0 aromatic heterocycles. The van der Waals surface area contributed by atoms with Gasteiger partial charge in [-0.2, -0.15) is 0 Å². The first kappa shape index (κ1) is 15.5. The zero-order chi connectivity index (χ0) is 14.6. The standard InChI is InChI=1S/C15H20O4/c1-9-10(2)15(19)13(11(3)14(9)18)12(17)7-5-4-6-8-16/h16H,4-8H2,1-3H3. The van der Waals surface area contributed by atoms with Crippen LogP contribution in [-0.2, 0) is 14.4 Å². The molecule has 0 radical (unpaired) electrons. The van der Waals surface area contributed by atoms with E-state index in [0.29, 0.717) is 24.0 Å². The third-order valence-electron chi connectivity index (χ3n) is 3.53. The van der Waals surface area contributed by atoms with E-state index in [9.17, 15) is 14.4 Å². The molecule has 1 N–H and O–H groups in total. The van der Waals surface area contributed by atoms with Crippen molar-refractivity contribution < 1.29 is 19.5 Å². The second-order valence-corrected chi connectivity index (χ2v) is 4.87. The highest BCUT2D eigenvalue weighted by Gasteiger charge is 2.31. The summed E-state index contributed by atoms with van der Waals surface area (Å²) in [6.45, 7) is 4.84. The Balaban J connectivity index is 2.84. The van der Waals surface area contributed by atoms with Crippen LogP contribution in [0.5, 0.6) is 0 Å². The van der Waals surface area contributed by atoms with Gasteiger partial charge in [0.25, 0.3) is 0 Å². The van der Waals surface area contributed by atoms with Gasteiger partial charge in [-0.25, -0.2) is 0 Å². The van der Waals surface area contributed by atoms with Gasteiger partial charge in [-0.05, 0) is 33.6 Å². The van der Waals surface area contributed by atoms with E-state index < -0.39 is 0 Å². The van der Waals surface area contributed by atoms with Gasteiger partial charge in [-0.15, -0.1) is 0 Å². The maximum absolute atomic E-state index is 12.1. The highest BCUT2D eigenvalue weighted by molar-refractivity contribution is 6.35. The third kappa shape index (κ3) is 3.26. The van der Waals surface area contributed by atoms with Crippen LogP contribution in [0.25, 0.3) is 0 Å². The maximum Gasteiger partial charge on any atom is 0.193 e. The molecule has 0 aliphatic heterocycles. The molecular weight excluding hydrogens is 244 g/mol. The van der Waals surface area contributed by atoms with Crippen LogP contribution in [-0.4, -0.2) is 29.1 Å². The number of hydrogen-bond donors (Lipinski definition) is 1. The van der Waals surface area contributed by atoms with Crippen molar-refractivity contribution in [2.75, 3.05) is 6.61 Å². The van der Waals surface area contributed by atoms with Gasteiger partial charge in [0.05, 0.1) is 5.57 Å². The number of unbranched alkanes of at least 4 members (excludes halogenated alkanes) is 2. The molecule has 1 rings (SSSR count). The highest BCUT2D eigenvalue weighted by Crippen LogP contribution is 2.25. The molecule has 0 bridgehead atoms. The van der Waals surface area contributed by atoms with Gasteiger partial charge in [0.1, 0.15) is 0 Å². The number of allylic oxidation sites excluding steroid dienone is 4. The summed E-state index contributed by atoms with van der Waals surface area (Å²) in [6, 6.07) is 0. The molecule has 19 heavy (non-hydrogen) atoms. The van der Waals surface area contributed by atoms with Crippen molar-refractivity contribution in [3.8, 4) is 0 Å². The smallest absolute Gasteiger partial charge is 0.193 e. The van der Waals surface area contributed by atoms with Gasteiger partial charge in [-0.3, -0.25) is 14.4 Å². The molecule has 0 atom stereocenters. The van der Waals surface area contributed by atoms with Gasteiger partial charge < -0.3 is 5.11 Å². The summed E-state index contributed by atoms with van der Waals surface area (Å²) in [6.07, 6.45) is 2.26. The molecule has 0 aromatic carbocycles. The van der Waals surface area contributed by atoms with E-state index in [2.05, 4.69) is 0 Å². The molecule has 0 aromatic rings. The van der Waals surface area contributed by atoms with Crippen molar-refractivity contribution >= 4 is 17.3 Å². The quantitative estimate of drug-likeness (QED) is 0.452. The zero-order valence-corrected chi connectivity index (χ0v) is 11.7. The summed E-state index contributed by atoms with van der Waals surface area (Å²) in [5.74, 6) is -0.793. The fourth-order valence-electron chi connectivity index (χ4n) is 2.13. The van der Waals surface area contributed by atoms with Crippen LogP contribution >= 0.6 is 0 Å². The fourth-order valence-corrected chi connectivity index (χ4v) is 2.13. The van der Waals surface area contributed by atoms with Crippen LogP contribution in [0.15, 0.2) is 22.3 Å². The van der Waals surface area contributed by atoms with E-state index in [0.717, 1.165) is 6.42 Å². The average Bonchev–Trinajstić information content (AvgIpc) is 2.39. The number of Topliss-reactive ketones (excluding diaryl/α,β-unsaturated/α-hetero) is 3. The lowest BCUT2D eigenvalue weighted by atomic mass is 9.83. The minimum Gasteiger partial charge on any atom is -0.396 e. The largest absolute Gasteiger partial charge is 0.396 e. The lowest BCUT2D eigenvalue weighted by Crippen LogP contribution is -2.25. The summed E-state index contributed by atoms with van der Waals surface area (Å²) < 4.78 is 0. The first-order valence-corrected chi connectivity index (χ1v) is 6.53. The van der Waals surface area contributed by atoms with Crippen molar-refractivity contribution in [1.82, 2.24) is 0 Å². The number of aliphatic hydroxyl groups is 1. The summed E-state index contributed by atoms with van der Waals surface area (Å²) in [5.41, 5.74) is 1.12. The van der Waals surface area contributed by atoms with E-state index in [1.165, 1.54) is 6.92 Å². The highest BCUT2D eigenvalue weighted by atomic mass is 16.3. The van der Waals surface area contributed by atoms with E-state index >= 15 is 0 Å². The van der Waals surface area contributed by atoms with Crippen molar-refractivity contribution in [1.29, 1.82) is 0 Å². The SMILES string of the molecule is CC1=C(C)C(=O)C(C(=O)CCCCCO)=C(C)C1=O. The summed E-state index contributed by atoms with van der Waals surface area (Å²) in [5, 5.41) is 8.66. The minimum absolute atomic E-state index is 0.0529. The second-order valence-electron chi connectivity index (χ2n) is 4.87. The molecule has 4 heteroatoms. The Morgan fingerprint density at radius 3 is 2.05 bits per heavy atom. The van der Waals surface area contributed by atoms with Crippen molar-refractivity contribution in [2.24, 2.45) is 0 Å². The lowest BCUT2D eigenvalue weighted by Gasteiger charge is -2.17. The predicted octanol–water partition coefficient (Wildman–Crippen LogP) is 1.91. The Bertz CT molecular complexity index is 480. The number of rotatable bonds is 6. The normalized spacial score (nSPS) is 16.4. The minimum atomic E-state index is -0.318. The second kappa shape index (κ2) is 6.57. The fraction of sp³-hybridized carbons (Fsp3) is 0.533. The summed E-state index contributed by atoms with van der Waals surface area (Å²) in [7, 11) is 0. The Hall–Kier alpha value is -1.55. The molecule has 1 aliphatic carbocycles. The van der Waals surface area contributed by atoms with Crippen molar-refractivity contribution in [3.63, 3.8) is 0 Å². The number of carbonyl (C=O) groups is 3. The topological polar surface area (TPSA) is 71.4 Å². The van der Waals surface area contributed by atoms with Crippen LogP contribution in [0.2, 0.25) is 0 Å². The van der Waals surface area contributed by atoms with Crippen LogP contribution in [0, 0.1) is 0 Å². The predicted molar refractivity (Wildman–Crippen MR) is 71.6 cm³/mol. The Morgan fingerprint density at radius 1 is 0.895 bits per heavy atom. The van der Waals surface area contributed by atoms with Gasteiger partial charge in [-0.1, -0.05) is 6.42 Å². The number of carbonyl (C=O) groups excluding carboxylic acids is 3. The van der Waals surface area contributed by atoms with Crippen LogP contribution in [0.1, 0.15) is 46.5 Å². The first-order chi connectivity index (χ1) is 8.91. The maximum atomic E-state index is 12.1. The van der Waals surface area contributed by atoms with Crippen molar-refractivity contribution in [2.45, 2.75) is 46.5 Å². The Kier molecular flexibility index (Phi) is 5.36. The molecule has 0 amide bonds. The molecule has 0 saturated heterocycles. The van der Waals surface area contributed by atoms with E-state index in [1.54, 1.807) is 13.8 Å². The number of aliphatic hydroxyl groups excluding tert-OH is 1. The molecule has 0 fully saturated rings. The number of ketones is 3. The molecule has 0 unspecified atom stereocenters. The monoisotopic (exact) mass is 264 g/mol. The van der Waals surface area contributed by atoms with E-state index in [-0.39, 0.29) is 41.5 Å². The van der Waals surface area contributed by atoms with Gasteiger partial charge in [0, 0.05) is 29.7 Å². The first-order valence-electron chi connectivity index (χ1n) is 6.53. The summed E-state index contributed by atoms with van der Waals surface area (Å²) in [4.78, 5) is 36.1. The Morgan fingerprint density at radius 2 is 1.47 bits per heavy atom. The van der Waals surface area contributed by atoms with E-state index in [1.807, 2.05) is 0 Å². The lowest BCUT2D eigenvalue weighted by molar-refractivity contribution is -0.122. The third-order valence-corrected chi connectivity index (χ3v) is 3.53. The molecule has 104 valence electrons. The van der Waals surface area contributed by atoms with Crippen LogP contribution in [0.4, 0.5) is 0 Å². The van der Waals surface area contributed by atoms with Gasteiger partial charge in [0.15, 0.2) is 17.3 Å².